The van der Waals surface area contributed by atoms with Crippen molar-refractivity contribution in [3.63, 3.8) is 0 Å². The number of hydrogen-bond donors (Lipinski definition) is 0. The fourth-order valence-corrected chi connectivity index (χ4v) is 5.15. The summed E-state index contributed by atoms with van der Waals surface area (Å²) in [6.45, 7) is 0.493. The van der Waals surface area contributed by atoms with Gasteiger partial charge in [0.15, 0.2) is 0 Å². The van der Waals surface area contributed by atoms with Gasteiger partial charge in [0.25, 0.3) is 10.0 Å². The van der Waals surface area contributed by atoms with Gasteiger partial charge in [-0.05, 0) is 36.6 Å². The number of rotatable bonds is 2. The molecule has 3 aromatic rings. The normalized spacial score (nSPS) is 15.0. The van der Waals surface area contributed by atoms with Gasteiger partial charge in [-0.1, -0.05) is 24.3 Å². The van der Waals surface area contributed by atoms with Crippen LogP contribution in [-0.2, 0) is 16.4 Å². The van der Waals surface area contributed by atoms with Crippen molar-refractivity contribution >= 4 is 38.5 Å². The average molecular weight is 331 g/mol. The monoisotopic (exact) mass is 331 g/mol. The van der Waals surface area contributed by atoms with E-state index in [1.807, 2.05) is 24.3 Å². The van der Waals surface area contributed by atoms with Gasteiger partial charge in [0.2, 0.25) is 0 Å². The van der Waals surface area contributed by atoms with Crippen molar-refractivity contribution in [3.8, 4) is 0 Å². The fourth-order valence-electron chi connectivity index (χ4n) is 2.86. The summed E-state index contributed by atoms with van der Waals surface area (Å²) in [5.74, 6) is 0. The Morgan fingerprint density at radius 2 is 1.91 bits per heavy atom. The molecule has 2 heterocycles. The fraction of sp³-hybridized carbons (Fsp3) is 0.200. The van der Waals surface area contributed by atoms with Gasteiger partial charge in [-0.2, -0.15) is 8.75 Å². The van der Waals surface area contributed by atoms with Crippen LogP contribution in [-0.4, -0.2) is 23.7 Å². The quantitative estimate of drug-likeness (QED) is 0.724. The summed E-state index contributed by atoms with van der Waals surface area (Å²) >= 11 is 1.03. The van der Waals surface area contributed by atoms with Crippen LogP contribution in [0.5, 0.6) is 0 Å². The third-order valence-electron chi connectivity index (χ3n) is 3.88. The van der Waals surface area contributed by atoms with Crippen LogP contribution in [0.1, 0.15) is 12.0 Å². The molecule has 0 aliphatic carbocycles. The minimum atomic E-state index is -3.63. The third-order valence-corrected chi connectivity index (χ3v) is 6.27. The summed E-state index contributed by atoms with van der Waals surface area (Å²) in [6, 6.07) is 12.8. The number of nitrogens with zero attached hydrogens (tertiary/aromatic N) is 3. The summed E-state index contributed by atoms with van der Waals surface area (Å²) < 4.78 is 36.0. The van der Waals surface area contributed by atoms with Gasteiger partial charge in [-0.3, -0.25) is 4.31 Å². The van der Waals surface area contributed by atoms with E-state index < -0.39 is 10.0 Å². The maximum atomic E-state index is 13.1. The summed E-state index contributed by atoms with van der Waals surface area (Å²) in [4.78, 5) is 0.232. The first-order valence-corrected chi connectivity index (χ1v) is 9.17. The Morgan fingerprint density at radius 1 is 1.05 bits per heavy atom. The van der Waals surface area contributed by atoms with Crippen LogP contribution in [0.3, 0.4) is 0 Å². The van der Waals surface area contributed by atoms with Gasteiger partial charge in [0.05, 0.1) is 17.4 Å². The van der Waals surface area contributed by atoms with E-state index in [1.165, 1.54) is 4.31 Å². The number of aryl methyl sites for hydroxylation is 1. The molecule has 1 aliphatic heterocycles. The second kappa shape index (κ2) is 5.03. The van der Waals surface area contributed by atoms with E-state index >= 15 is 0 Å². The zero-order chi connectivity index (χ0) is 15.2. The zero-order valence-corrected chi connectivity index (χ0v) is 13.3. The van der Waals surface area contributed by atoms with E-state index in [2.05, 4.69) is 8.75 Å². The second-order valence-corrected chi connectivity index (χ2v) is 7.56. The minimum Gasteiger partial charge on any atom is -0.266 e. The van der Waals surface area contributed by atoms with Gasteiger partial charge in [-0.15, -0.1) is 0 Å². The Kier molecular flexibility index (Phi) is 3.12. The minimum absolute atomic E-state index is 0.232. The van der Waals surface area contributed by atoms with E-state index in [4.69, 9.17) is 0 Å². The standard InChI is InChI=1S/C15H13N3O2S2/c19-22(20,14-9-3-7-12-15(14)17-21-16-12)18-10-4-6-11-5-1-2-8-13(11)18/h1-3,5,7-9H,4,6,10H2. The largest absolute Gasteiger partial charge is 0.266 e. The van der Waals surface area contributed by atoms with Crippen LogP contribution in [0, 0.1) is 0 Å². The number of benzene rings is 2. The van der Waals surface area contributed by atoms with Crippen molar-refractivity contribution < 1.29 is 8.42 Å². The summed E-state index contributed by atoms with van der Waals surface area (Å²) in [6.07, 6.45) is 1.73. The Bertz CT molecular complexity index is 950. The smallest absolute Gasteiger partial charge is 0.266 e. The molecule has 7 heteroatoms. The number of anilines is 1. The van der Waals surface area contributed by atoms with Gasteiger partial charge in [0, 0.05) is 6.54 Å². The van der Waals surface area contributed by atoms with Crippen LogP contribution in [0.2, 0.25) is 0 Å². The first-order chi connectivity index (χ1) is 10.7. The molecule has 0 radical (unpaired) electrons. The Hall–Kier alpha value is -1.99. The predicted octanol–water partition coefficient (Wildman–Crippen LogP) is 2.83. The molecule has 0 amide bonds. The zero-order valence-electron chi connectivity index (χ0n) is 11.6. The maximum Gasteiger partial charge on any atom is 0.266 e. The highest BCUT2D eigenvalue weighted by Crippen LogP contribution is 2.33. The number of aromatic nitrogens is 2. The van der Waals surface area contributed by atoms with Crippen LogP contribution < -0.4 is 4.31 Å². The predicted molar refractivity (Wildman–Crippen MR) is 86.7 cm³/mol. The van der Waals surface area contributed by atoms with E-state index in [0.29, 0.717) is 17.6 Å². The topological polar surface area (TPSA) is 63.2 Å². The molecular weight excluding hydrogens is 318 g/mol. The summed E-state index contributed by atoms with van der Waals surface area (Å²) in [5, 5.41) is 0. The van der Waals surface area contributed by atoms with E-state index in [1.54, 1.807) is 18.2 Å². The highest BCUT2D eigenvalue weighted by Gasteiger charge is 2.30. The number of fused-ring (bicyclic) bond motifs is 2. The molecule has 1 aromatic heterocycles. The lowest BCUT2D eigenvalue weighted by Crippen LogP contribution is -2.35. The molecule has 0 atom stereocenters. The molecule has 0 saturated carbocycles. The highest BCUT2D eigenvalue weighted by atomic mass is 32.2. The molecule has 4 rings (SSSR count). The second-order valence-electron chi connectivity index (χ2n) is 5.20. The van der Waals surface area contributed by atoms with Gasteiger partial charge in [0.1, 0.15) is 15.9 Å². The first kappa shape index (κ1) is 13.7. The molecule has 0 saturated heterocycles. The molecule has 1 aliphatic rings. The third kappa shape index (κ3) is 2.00. The van der Waals surface area contributed by atoms with Crippen LogP contribution in [0.15, 0.2) is 47.4 Å². The average Bonchev–Trinajstić information content (AvgIpc) is 3.02. The van der Waals surface area contributed by atoms with Gasteiger partial charge >= 0.3 is 0 Å². The molecule has 112 valence electrons. The SMILES string of the molecule is O=S(=O)(c1cccc2nsnc12)N1CCCc2ccccc21. The molecule has 2 aromatic carbocycles. The molecule has 5 nitrogen and oxygen atoms in total. The molecule has 0 spiro atoms. The Morgan fingerprint density at radius 3 is 2.82 bits per heavy atom. The number of hydrogen-bond acceptors (Lipinski definition) is 5. The molecule has 22 heavy (non-hydrogen) atoms. The summed E-state index contributed by atoms with van der Waals surface area (Å²) in [7, 11) is -3.63. The maximum absolute atomic E-state index is 13.1. The lowest BCUT2D eigenvalue weighted by molar-refractivity contribution is 0.587. The van der Waals surface area contributed by atoms with E-state index in [-0.39, 0.29) is 4.90 Å². The molecule has 0 fully saturated rings. The highest BCUT2D eigenvalue weighted by molar-refractivity contribution is 7.93. The van der Waals surface area contributed by atoms with Crippen molar-refractivity contribution in [1.82, 2.24) is 8.75 Å². The van der Waals surface area contributed by atoms with Crippen molar-refractivity contribution in [2.24, 2.45) is 0 Å². The Balaban J connectivity index is 1.91. The van der Waals surface area contributed by atoms with Gasteiger partial charge < -0.3 is 0 Å². The van der Waals surface area contributed by atoms with Crippen molar-refractivity contribution in [1.29, 1.82) is 0 Å². The summed E-state index contributed by atoms with van der Waals surface area (Å²) in [5.41, 5.74) is 2.92. The van der Waals surface area contributed by atoms with Crippen molar-refractivity contribution in [3.05, 3.63) is 48.0 Å². The number of sulfonamides is 1. The van der Waals surface area contributed by atoms with E-state index in [9.17, 15) is 8.42 Å². The van der Waals surface area contributed by atoms with Gasteiger partial charge in [-0.25, -0.2) is 8.42 Å². The lowest BCUT2D eigenvalue weighted by atomic mass is 10.0. The van der Waals surface area contributed by atoms with Crippen LogP contribution in [0.25, 0.3) is 11.0 Å². The molecule has 0 N–H and O–H groups in total. The molecule has 0 unspecified atom stereocenters. The number of para-hydroxylation sites is 1. The first-order valence-electron chi connectivity index (χ1n) is 7.00. The van der Waals surface area contributed by atoms with Crippen LogP contribution >= 0.6 is 11.7 Å². The molecule has 0 bridgehead atoms. The van der Waals surface area contributed by atoms with E-state index in [0.717, 1.165) is 35.8 Å². The lowest BCUT2D eigenvalue weighted by Gasteiger charge is -2.30. The van der Waals surface area contributed by atoms with Crippen molar-refractivity contribution in [2.45, 2.75) is 17.7 Å². The van der Waals surface area contributed by atoms with Crippen LogP contribution in [0.4, 0.5) is 5.69 Å². The molecular formula is C15H13N3O2S2. The van der Waals surface area contributed by atoms with Crippen molar-refractivity contribution in [2.75, 3.05) is 10.8 Å². The Labute approximate surface area is 132 Å².